The summed E-state index contributed by atoms with van der Waals surface area (Å²) in [6.07, 6.45) is 5.30. The number of alkyl halides is 1. The molecule has 0 amide bonds. The number of nitrogens with zero attached hydrogens (tertiary/aromatic N) is 3. The number of halogens is 1. The van der Waals surface area contributed by atoms with Gasteiger partial charge in [-0.1, -0.05) is 30.5 Å². The van der Waals surface area contributed by atoms with E-state index in [0.29, 0.717) is 47.9 Å². The van der Waals surface area contributed by atoms with Crippen molar-refractivity contribution < 1.29 is 4.39 Å². The maximum absolute atomic E-state index is 15.4. The lowest BCUT2D eigenvalue weighted by Crippen LogP contribution is -2.39. The molecule has 1 unspecified atom stereocenters. The summed E-state index contributed by atoms with van der Waals surface area (Å²) in [5, 5.41) is 15.1. The topological polar surface area (TPSA) is 89.3 Å². The summed E-state index contributed by atoms with van der Waals surface area (Å²) in [5.41, 5.74) is 6.26. The molecule has 1 aromatic rings. The quantitative estimate of drug-likeness (QED) is 0.547. The normalized spacial score (nSPS) is 18.1. The fourth-order valence-electron chi connectivity index (χ4n) is 3.04. The highest BCUT2D eigenvalue weighted by Crippen LogP contribution is 2.45. The molecule has 3 N–H and O–H groups in total. The molecule has 2 rings (SSSR count). The van der Waals surface area contributed by atoms with Gasteiger partial charge in [-0.05, 0) is 44.2 Å². The zero-order chi connectivity index (χ0) is 19.9. The number of rotatable bonds is 7. The summed E-state index contributed by atoms with van der Waals surface area (Å²) in [6, 6.07) is 9.22. The van der Waals surface area contributed by atoms with Crippen LogP contribution in [-0.2, 0) is 0 Å². The number of piperidine rings is 1. The van der Waals surface area contributed by atoms with Crippen LogP contribution in [0.4, 0.5) is 4.39 Å². The lowest BCUT2D eigenvalue weighted by molar-refractivity contribution is 0.128. The molecule has 5 nitrogen and oxygen atoms in total. The standard InChI is InChI=1S/C20H24FN5S/c1-15(25-18(14-24)7-10-22)26-11-8-17(9-12-26)20(2,21)27-19-6-4-3-5-16(19)13-23/h3-7,10,14,17,24H,1,8-9,11-12,22H2,2H3. The van der Waals surface area contributed by atoms with Crippen molar-refractivity contribution in [3.63, 3.8) is 0 Å². The number of nitrogens with two attached hydrogens (primary N) is 1. The zero-order valence-electron chi connectivity index (χ0n) is 15.4. The highest BCUT2D eigenvalue weighted by molar-refractivity contribution is 8.00. The Kier molecular flexibility index (Phi) is 7.19. The third-order valence-corrected chi connectivity index (χ3v) is 5.89. The van der Waals surface area contributed by atoms with E-state index in [4.69, 9.17) is 11.1 Å². The Morgan fingerprint density at radius 1 is 1.48 bits per heavy atom. The molecule has 0 radical (unpaired) electrons. The SMILES string of the molecule is C=C(N=C(C=N)C=CN)N1CCC(C(C)(F)Sc2ccccc2C#N)CC1. The molecule has 142 valence electrons. The maximum Gasteiger partial charge on any atom is 0.160 e. The van der Waals surface area contributed by atoms with E-state index in [1.165, 1.54) is 12.3 Å². The van der Waals surface area contributed by atoms with Crippen LogP contribution >= 0.6 is 11.8 Å². The van der Waals surface area contributed by atoms with Gasteiger partial charge in [-0.15, -0.1) is 0 Å². The summed E-state index contributed by atoms with van der Waals surface area (Å²) >= 11 is 1.12. The molecule has 1 atom stereocenters. The Morgan fingerprint density at radius 3 is 2.74 bits per heavy atom. The summed E-state index contributed by atoms with van der Waals surface area (Å²) < 4.78 is 15.4. The predicted octanol–water partition coefficient (Wildman–Crippen LogP) is 4.08. The van der Waals surface area contributed by atoms with E-state index in [2.05, 4.69) is 17.6 Å². The van der Waals surface area contributed by atoms with Crippen LogP contribution in [0.3, 0.4) is 0 Å². The Hall–Kier alpha value is -2.59. The summed E-state index contributed by atoms with van der Waals surface area (Å²) in [7, 11) is 0. The first kappa shape index (κ1) is 20.7. The van der Waals surface area contributed by atoms with Crippen LogP contribution in [0.15, 0.2) is 58.8 Å². The van der Waals surface area contributed by atoms with Crippen molar-refractivity contribution in [1.29, 1.82) is 10.7 Å². The van der Waals surface area contributed by atoms with E-state index in [-0.39, 0.29) is 5.92 Å². The highest BCUT2D eigenvalue weighted by Gasteiger charge is 2.38. The maximum atomic E-state index is 15.4. The molecule has 1 aromatic carbocycles. The van der Waals surface area contributed by atoms with Gasteiger partial charge >= 0.3 is 0 Å². The molecule has 1 heterocycles. The van der Waals surface area contributed by atoms with Crippen LogP contribution in [0.1, 0.15) is 25.3 Å². The number of aliphatic imine (C=N–C) groups is 1. The van der Waals surface area contributed by atoms with Crippen molar-refractivity contribution in [3.8, 4) is 6.07 Å². The first-order chi connectivity index (χ1) is 12.9. The lowest BCUT2D eigenvalue weighted by atomic mass is 9.92. The van der Waals surface area contributed by atoms with Gasteiger partial charge in [-0.25, -0.2) is 9.38 Å². The first-order valence-corrected chi connectivity index (χ1v) is 9.51. The molecule has 0 aromatic heterocycles. The molecule has 1 aliphatic heterocycles. The minimum absolute atomic E-state index is 0.131. The molecular formula is C20H24FN5S. The van der Waals surface area contributed by atoms with Gasteiger partial charge in [0.2, 0.25) is 0 Å². The van der Waals surface area contributed by atoms with E-state index in [9.17, 15) is 5.26 Å². The molecule has 1 fully saturated rings. The smallest absolute Gasteiger partial charge is 0.160 e. The summed E-state index contributed by atoms with van der Waals surface area (Å²) in [6.45, 7) is 6.83. The molecule has 1 aliphatic rings. The number of likely N-dealkylation sites (tertiary alicyclic amines) is 1. The van der Waals surface area contributed by atoms with E-state index >= 15 is 4.39 Å². The average Bonchev–Trinajstić information content (AvgIpc) is 2.67. The van der Waals surface area contributed by atoms with Crippen molar-refractivity contribution in [2.24, 2.45) is 16.6 Å². The van der Waals surface area contributed by atoms with Gasteiger partial charge in [0.25, 0.3) is 0 Å². The van der Waals surface area contributed by atoms with Gasteiger partial charge in [0.1, 0.15) is 11.9 Å². The Bertz CT molecular complexity index is 786. The molecule has 0 spiro atoms. The second-order valence-corrected chi connectivity index (χ2v) is 7.86. The monoisotopic (exact) mass is 385 g/mol. The molecular weight excluding hydrogens is 361 g/mol. The van der Waals surface area contributed by atoms with Crippen molar-refractivity contribution in [2.45, 2.75) is 29.7 Å². The third-order valence-electron chi connectivity index (χ3n) is 4.58. The third kappa shape index (κ3) is 5.44. The highest BCUT2D eigenvalue weighted by atomic mass is 32.2. The molecule has 27 heavy (non-hydrogen) atoms. The van der Waals surface area contributed by atoms with Gasteiger partial charge in [0.15, 0.2) is 5.00 Å². The van der Waals surface area contributed by atoms with Crippen molar-refractivity contribution >= 4 is 23.7 Å². The van der Waals surface area contributed by atoms with Crippen molar-refractivity contribution in [1.82, 2.24) is 4.90 Å². The molecule has 0 saturated carbocycles. The summed E-state index contributed by atoms with van der Waals surface area (Å²) in [4.78, 5) is 6.96. The second-order valence-electron chi connectivity index (χ2n) is 6.41. The summed E-state index contributed by atoms with van der Waals surface area (Å²) in [5.74, 6) is 0.418. The number of benzene rings is 1. The number of thioether (sulfide) groups is 1. The number of nitriles is 1. The Balaban J connectivity index is 2.00. The molecule has 1 saturated heterocycles. The second kappa shape index (κ2) is 9.38. The minimum Gasteiger partial charge on any atom is -0.405 e. The van der Waals surface area contributed by atoms with Gasteiger partial charge in [-0.2, -0.15) is 5.26 Å². The van der Waals surface area contributed by atoms with E-state index in [1.54, 1.807) is 25.1 Å². The minimum atomic E-state index is -1.47. The number of nitrogens with one attached hydrogen (secondary N) is 1. The number of hydrogen-bond donors (Lipinski definition) is 2. The predicted molar refractivity (Wildman–Crippen MR) is 110 cm³/mol. The zero-order valence-corrected chi connectivity index (χ0v) is 16.2. The van der Waals surface area contributed by atoms with Crippen molar-refractivity contribution in [3.05, 3.63) is 54.5 Å². The fourth-order valence-corrected chi connectivity index (χ4v) is 4.24. The number of allylic oxidation sites excluding steroid dienone is 1. The van der Waals surface area contributed by atoms with Crippen LogP contribution in [-0.4, -0.2) is 34.9 Å². The van der Waals surface area contributed by atoms with Gasteiger partial charge in [0.05, 0.1) is 11.3 Å². The Labute approximate surface area is 164 Å². The van der Waals surface area contributed by atoms with Gasteiger partial charge in [0, 0.05) is 30.1 Å². The van der Waals surface area contributed by atoms with E-state index < -0.39 is 5.00 Å². The number of hydrogen-bond acceptors (Lipinski definition) is 6. The molecule has 0 bridgehead atoms. The Morgan fingerprint density at radius 2 is 2.15 bits per heavy atom. The van der Waals surface area contributed by atoms with Gasteiger partial charge in [-0.3, -0.25) is 0 Å². The van der Waals surface area contributed by atoms with E-state index in [1.807, 2.05) is 11.0 Å². The van der Waals surface area contributed by atoms with Crippen LogP contribution < -0.4 is 5.73 Å². The fraction of sp³-hybridized carbons (Fsp3) is 0.350. The molecule has 0 aliphatic carbocycles. The van der Waals surface area contributed by atoms with Crippen LogP contribution in [0.25, 0.3) is 0 Å². The molecule has 7 heteroatoms. The van der Waals surface area contributed by atoms with Crippen LogP contribution in [0, 0.1) is 22.7 Å². The lowest BCUT2D eigenvalue weighted by Gasteiger charge is -2.38. The van der Waals surface area contributed by atoms with Crippen LogP contribution in [0.2, 0.25) is 0 Å². The van der Waals surface area contributed by atoms with Gasteiger partial charge < -0.3 is 16.0 Å². The van der Waals surface area contributed by atoms with Crippen molar-refractivity contribution in [2.75, 3.05) is 13.1 Å². The average molecular weight is 386 g/mol. The first-order valence-electron chi connectivity index (χ1n) is 8.69. The largest absolute Gasteiger partial charge is 0.405 e. The van der Waals surface area contributed by atoms with E-state index in [0.717, 1.165) is 18.0 Å². The van der Waals surface area contributed by atoms with Crippen LogP contribution in [0.5, 0.6) is 0 Å².